The van der Waals surface area contributed by atoms with Crippen LogP contribution >= 0.6 is 15.9 Å². The smallest absolute Gasteiger partial charge is 0.267 e. The van der Waals surface area contributed by atoms with Crippen molar-refractivity contribution in [2.75, 3.05) is 0 Å². The van der Waals surface area contributed by atoms with Gasteiger partial charge in [-0.15, -0.1) is 0 Å². The molecule has 3 rings (SSSR count). The van der Waals surface area contributed by atoms with Crippen LogP contribution in [-0.4, -0.2) is 11.6 Å². The highest BCUT2D eigenvalue weighted by Gasteiger charge is 2.05. The number of hydrazone groups is 1. The standard InChI is InChI=1S/C21H17BrN2O/c1-15(23-24-21(25)19-8-5-9-20(22)14-19)16-10-12-18(13-11-16)17-6-3-2-4-7-17/h2-14H,1H3,(H,24,25)/b23-15-. The van der Waals surface area contributed by atoms with Gasteiger partial charge in [0.1, 0.15) is 0 Å². The zero-order chi connectivity index (χ0) is 17.6. The zero-order valence-electron chi connectivity index (χ0n) is 13.7. The van der Waals surface area contributed by atoms with E-state index < -0.39 is 0 Å². The lowest BCUT2D eigenvalue weighted by molar-refractivity contribution is 0.0955. The number of nitrogens with zero attached hydrogens (tertiary/aromatic N) is 1. The Morgan fingerprint density at radius 2 is 1.52 bits per heavy atom. The third kappa shape index (κ3) is 4.43. The summed E-state index contributed by atoms with van der Waals surface area (Å²) in [5, 5.41) is 4.20. The van der Waals surface area contributed by atoms with E-state index in [2.05, 4.69) is 50.7 Å². The molecule has 124 valence electrons. The summed E-state index contributed by atoms with van der Waals surface area (Å²) < 4.78 is 0.859. The first-order chi connectivity index (χ1) is 12.1. The Morgan fingerprint density at radius 1 is 0.840 bits per heavy atom. The molecule has 0 unspecified atom stereocenters. The molecule has 0 aliphatic rings. The molecular weight excluding hydrogens is 376 g/mol. The number of rotatable bonds is 4. The van der Waals surface area contributed by atoms with E-state index >= 15 is 0 Å². The molecule has 0 aliphatic heterocycles. The Bertz CT molecular complexity index is 903. The Hall–Kier alpha value is -2.72. The SMILES string of the molecule is C/C(=N/NC(=O)c1cccc(Br)c1)c1ccc(-c2ccccc2)cc1. The van der Waals surface area contributed by atoms with E-state index in [4.69, 9.17) is 0 Å². The quantitative estimate of drug-likeness (QED) is 0.476. The van der Waals surface area contributed by atoms with Gasteiger partial charge in [-0.25, -0.2) is 5.43 Å². The van der Waals surface area contributed by atoms with E-state index in [1.54, 1.807) is 12.1 Å². The molecule has 0 saturated carbocycles. The minimum Gasteiger partial charge on any atom is -0.267 e. The molecule has 0 fully saturated rings. The minimum absolute atomic E-state index is 0.235. The largest absolute Gasteiger partial charge is 0.271 e. The molecule has 0 spiro atoms. The van der Waals surface area contributed by atoms with Crippen molar-refractivity contribution in [3.63, 3.8) is 0 Å². The van der Waals surface area contributed by atoms with Gasteiger partial charge in [-0.3, -0.25) is 4.79 Å². The first-order valence-electron chi connectivity index (χ1n) is 7.89. The molecule has 0 radical (unpaired) electrons. The van der Waals surface area contributed by atoms with E-state index in [0.717, 1.165) is 21.3 Å². The predicted molar refractivity (Wildman–Crippen MR) is 106 cm³/mol. The van der Waals surface area contributed by atoms with Gasteiger partial charge < -0.3 is 0 Å². The molecule has 0 heterocycles. The lowest BCUT2D eigenvalue weighted by Crippen LogP contribution is -2.19. The van der Waals surface area contributed by atoms with E-state index in [1.165, 1.54) is 5.56 Å². The van der Waals surface area contributed by atoms with Gasteiger partial charge in [0.15, 0.2) is 0 Å². The highest BCUT2D eigenvalue weighted by molar-refractivity contribution is 9.10. The van der Waals surface area contributed by atoms with Crippen LogP contribution in [0.25, 0.3) is 11.1 Å². The summed E-state index contributed by atoms with van der Waals surface area (Å²) in [5.74, 6) is -0.235. The Morgan fingerprint density at radius 3 is 2.20 bits per heavy atom. The van der Waals surface area contributed by atoms with Gasteiger partial charge >= 0.3 is 0 Å². The molecule has 0 atom stereocenters. The lowest BCUT2D eigenvalue weighted by Gasteiger charge is -2.05. The molecule has 3 nitrogen and oxygen atoms in total. The predicted octanol–water partition coefficient (Wildman–Crippen LogP) is 5.27. The number of nitrogens with one attached hydrogen (secondary N) is 1. The first kappa shape index (κ1) is 17.1. The highest BCUT2D eigenvalue weighted by atomic mass is 79.9. The fraction of sp³-hybridized carbons (Fsp3) is 0.0476. The van der Waals surface area contributed by atoms with Crippen molar-refractivity contribution in [1.82, 2.24) is 5.43 Å². The summed E-state index contributed by atoms with van der Waals surface area (Å²) in [6.45, 7) is 1.87. The van der Waals surface area contributed by atoms with Crippen LogP contribution in [0, 0.1) is 0 Å². The van der Waals surface area contributed by atoms with Gasteiger partial charge in [-0.05, 0) is 41.8 Å². The third-order valence-electron chi connectivity index (χ3n) is 3.82. The zero-order valence-corrected chi connectivity index (χ0v) is 15.3. The van der Waals surface area contributed by atoms with E-state index in [-0.39, 0.29) is 5.91 Å². The Kier molecular flexibility index (Phi) is 5.41. The van der Waals surface area contributed by atoms with Crippen LogP contribution in [0.15, 0.2) is 88.4 Å². The van der Waals surface area contributed by atoms with Crippen LogP contribution < -0.4 is 5.43 Å². The normalized spacial score (nSPS) is 11.2. The third-order valence-corrected chi connectivity index (χ3v) is 4.32. The van der Waals surface area contributed by atoms with Crippen molar-refractivity contribution >= 4 is 27.5 Å². The van der Waals surface area contributed by atoms with Crippen molar-refractivity contribution in [3.8, 4) is 11.1 Å². The first-order valence-corrected chi connectivity index (χ1v) is 8.69. The molecule has 1 N–H and O–H groups in total. The number of halogens is 1. The summed E-state index contributed by atoms with van der Waals surface area (Å²) in [7, 11) is 0. The molecular formula is C21H17BrN2O. The number of hydrogen-bond acceptors (Lipinski definition) is 2. The number of benzene rings is 3. The van der Waals surface area contributed by atoms with Gasteiger partial charge in [0.25, 0.3) is 5.91 Å². The average Bonchev–Trinajstić information content (AvgIpc) is 2.66. The molecule has 0 aromatic heterocycles. The number of hydrogen-bond donors (Lipinski definition) is 1. The van der Waals surface area contributed by atoms with Crippen LogP contribution in [0.2, 0.25) is 0 Å². The minimum atomic E-state index is -0.235. The van der Waals surface area contributed by atoms with Crippen LogP contribution in [-0.2, 0) is 0 Å². The van der Waals surface area contributed by atoms with E-state index in [1.807, 2.05) is 49.4 Å². The summed E-state index contributed by atoms with van der Waals surface area (Å²) in [6.07, 6.45) is 0. The second-order valence-corrected chi connectivity index (χ2v) is 6.51. The maximum Gasteiger partial charge on any atom is 0.271 e. The molecule has 4 heteroatoms. The number of carbonyl (C=O) groups is 1. The maximum absolute atomic E-state index is 12.1. The van der Waals surface area contributed by atoms with E-state index in [9.17, 15) is 4.79 Å². The van der Waals surface area contributed by atoms with Gasteiger partial charge in [0.05, 0.1) is 5.71 Å². The van der Waals surface area contributed by atoms with Crippen molar-refractivity contribution in [2.24, 2.45) is 5.10 Å². The van der Waals surface area contributed by atoms with Crippen molar-refractivity contribution in [2.45, 2.75) is 6.92 Å². The average molecular weight is 393 g/mol. The second kappa shape index (κ2) is 7.90. The number of carbonyl (C=O) groups excluding carboxylic acids is 1. The van der Waals surface area contributed by atoms with Crippen LogP contribution in [0.5, 0.6) is 0 Å². The highest BCUT2D eigenvalue weighted by Crippen LogP contribution is 2.19. The number of amides is 1. The van der Waals surface area contributed by atoms with Crippen LogP contribution in [0.3, 0.4) is 0 Å². The summed E-state index contributed by atoms with van der Waals surface area (Å²) in [4.78, 5) is 12.1. The van der Waals surface area contributed by atoms with Gasteiger partial charge in [0, 0.05) is 10.0 Å². The summed E-state index contributed by atoms with van der Waals surface area (Å²) >= 11 is 3.36. The van der Waals surface area contributed by atoms with Crippen LogP contribution in [0.4, 0.5) is 0 Å². The van der Waals surface area contributed by atoms with Crippen LogP contribution in [0.1, 0.15) is 22.8 Å². The van der Waals surface area contributed by atoms with Gasteiger partial charge in [-0.1, -0.05) is 76.6 Å². The monoisotopic (exact) mass is 392 g/mol. The topological polar surface area (TPSA) is 41.5 Å². The Labute approximate surface area is 155 Å². The van der Waals surface area contributed by atoms with Crippen molar-refractivity contribution in [3.05, 3.63) is 94.5 Å². The molecule has 1 amide bonds. The molecule has 3 aromatic rings. The molecule has 0 aliphatic carbocycles. The van der Waals surface area contributed by atoms with Crippen molar-refractivity contribution < 1.29 is 4.79 Å². The second-order valence-electron chi connectivity index (χ2n) is 5.59. The summed E-state index contributed by atoms with van der Waals surface area (Å²) in [6, 6.07) is 25.5. The molecule has 0 saturated heterocycles. The molecule has 25 heavy (non-hydrogen) atoms. The van der Waals surface area contributed by atoms with E-state index in [0.29, 0.717) is 5.56 Å². The Balaban J connectivity index is 1.71. The molecule has 0 bridgehead atoms. The van der Waals surface area contributed by atoms with Crippen molar-refractivity contribution in [1.29, 1.82) is 0 Å². The fourth-order valence-corrected chi connectivity index (χ4v) is 2.83. The lowest BCUT2D eigenvalue weighted by atomic mass is 10.0. The molecule has 3 aromatic carbocycles. The fourth-order valence-electron chi connectivity index (χ4n) is 2.43. The van der Waals surface area contributed by atoms with Gasteiger partial charge in [0.2, 0.25) is 0 Å². The van der Waals surface area contributed by atoms with Gasteiger partial charge in [-0.2, -0.15) is 5.10 Å². The maximum atomic E-state index is 12.1. The summed E-state index contributed by atoms with van der Waals surface area (Å²) in [5.41, 5.74) is 7.20.